The Morgan fingerprint density at radius 3 is 2.07 bits per heavy atom. The van der Waals surface area contributed by atoms with Gasteiger partial charge in [-0.25, -0.2) is 0 Å². The van der Waals surface area contributed by atoms with Gasteiger partial charge in [-0.2, -0.15) is 0 Å². The molecule has 90 valence electrons. The molecule has 0 spiro atoms. The Bertz CT molecular complexity index is 198. The van der Waals surface area contributed by atoms with Gasteiger partial charge in [0.05, 0.1) is 0 Å². The molecule has 1 atom stereocenters. The summed E-state index contributed by atoms with van der Waals surface area (Å²) in [5.74, 6) is 0. The Labute approximate surface area is 94.4 Å². The summed E-state index contributed by atoms with van der Waals surface area (Å²) in [6.07, 6.45) is 2.17. The molecule has 0 aromatic rings. The highest BCUT2D eigenvalue weighted by Gasteiger charge is 2.51. The lowest BCUT2D eigenvalue weighted by Gasteiger charge is -2.40. The second-order valence-corrected chi connectivity index (χ2v) is 11.8. The van der Waals surface area contributed by atoms with E-state index in [2.05, 4.69) is 13.1 Å². The van der Waals surface area contributed by atoms with Gasteiger partial charge in [-0.15, -0.1) is 0 Å². The van der Waals surface area contributed by atoms with Gasteiger partial charge in [0.15, 0.2) is 8.32 Å². The van der Waals surface area contributed by atoms with Crippen molar-refractivity contribution in [2.45, 2.75) is 37.7 Å². The van der Waals surface area contributed by atoms with Gasteiger partial charge < -0.3 is 17.7 Å². The zero-order valence-corrected chi connectivity index (χ0v) is 12.3. The number of hydrogen-bond donors (Lipinski definition) is 0. The normalized spacial score (nSPS) is 26.6. The van der Waals surface area contributed by atoms with Crippen molar-refractivity contribution >= 4 is 17.1 Å². The van der Waals surface area contributed by atoms with Gasteiger partial charge >= 0.3 is 8.80 Å². The van der Waals surface area contributed by atoms with Crippen LogP contribution in [0.5, 0.6) is 0 Å². The summed E-state index contributed by atoms with van der Waals surface area (Å²) in [6.45, 7) is 4.47. The van der Waals surface area contributed by atoms with Gasteiger partial charge in [0.2, 0.25) is 0 Å². The second kappa shape index (κ2) is 5.07. The molecule has 1 rings (SSSR count). The molecule has 0 amide bonds. The first kappa shape index (κ1) is 13.3. The summed E-state index contributed by atoms with van der Waals surface area (Å²) in [4.78, 5) is 0. The van der Waals surface area contributed by atoms with Crippen LogP contribution in [0.4, 0.5) is 0 Å². The van der Waals surface area contributed by atoms with Crippen LogP contribution in [0.1, 0.15) is 12.8 Å². The fourth-order valence-electron chi connectivity index (χ4n) is 2.11. The van der Waals surface area contributed by atoms with Crippen LogP contribution in [0.25, 0.3) is 0 Å². The number of hydrogen-bond acceptors (Lipinski definition) is 4. The average molecular weight is 250 g/mol. The molecule has 0 saturated carbocycles. The first-order valence-electron chi connectivity index (χ1n) is 5.33. The maximum atomic E-state index is 6.14. The van der Waals surface area contributed by atoms with E-state index in [0.717, 1.165) is 6.42 Å². The van der Waals surface area contributed by atoms with Gasteiger partial charge in [-0.05, 0) is 25.6 Å². The van der Waals surface area contributed by atoms with Crippen molar-refractivity contribution in [3.8, 4) is 0 Å². The van der Waals surface area contributed by atoms with Crippen molar-refractivity contribution in [3.05, 3.63) is 0 Å². The zero-order valence-electron chi connectivity index (χ0n) is 10.3. The largest absolute Gasteiger partial charge is 0.529 e. The average Bonchev–Trinajstić information content (AvgIpc) is 2.20. The third-order valence-electron chi connectivity index (χ3n) is 2.95. The Kier molecular flexibility index (Phi) is 4.51. The minimum Gasteiger partial charge on any atom is -0.410 e. The summed E-state index contributed by atoms with van der Waals surface area (Å²) in [6, 6.07) is 1.21. The van der Waals surface area contributed by atoms with Crippen molar-refractivity contribution in [1.82, 2.24) is 0 Å². The molecule has 0 bridgehead atoms. The molecule has 0 aromatic carbocycles. The molecule has 6 heteroatoms. The van der Waals surface area contributed by atoms with Gasteiger partial charge in [0, 0.05) is 21.3 Å². The summed E-state index contributed by atoms with van der Waals surface area (Å²) >= 11 is 0. The van der Waals surface area contributed by atoms with Crippen LogP contribution < -0.4 is 0 Å². The SMILES string of the molecule is CO[Si](OC)(OC)C1CCC[Si](C)(C)O1. The lowest BCUT2D eigenvalue weighted by molar-refractivity contribution is 0.0562. The molecule has 1 unspecified atom stereocenters. The molecule has 0 aliphatic carbocycles. The van der Waals surface area contributed by atoms with E-state index in [1.807, 2.05) is 0 Å². The van der Waals surface area contributed by atoms with Crippen LogP contribution in [0.15, 0.2) is 0 Å². The smallest absolute Gasteiger partial charge is 0.410 e. The summed E-state index contributed by atoms with van der Waals surface area (Å²) < 4.78 is 22.5. The molecule has 1 fully saturated rings. The quantitative estimate of drug-likeness (QED) is 0.713. The van der Waals surface area contributed by atoms with E-state index in [1.54, 1.807) is 21.3 Å². The van der Waals surface area contributed by atoms with Crippen LogP contribution in [0.3, 0.4) is 0 Å². The van der Waals surface area contributed by atoms with E-state index >= 15 is 0 Å². The third-order valence-corrected chi connectivity index (χ3v) is 8.57. The maximum Gasteiger partial charge on any atom is 0.529 e. The van der Waals surface area contributed by atoms with E-state index in [9.17, 15) is 0 Å². The van der Waals surface area contributed by atoms with E-state index in [0.29, 0.717) is 0 Å². The Balaban J connectivity index is 2.76. The maximum absolute atomic E-state index is 6.14. The molecule has 1 saturated heterocycles. The van der Waals surface area contributed by atoms with E-state index in [1.165, 1.54) is 12.5 Å². The first-order chi connectivity index (χ1) is 6.99. The highest BCUT2D eigenvalue weighted by Crippen LogP contribution is 2.31. The van der Waals surface area contributed by atoms with E-state index < -0.39 is 17.1 Å². The minimum atomic E-state index is -2.59. The lowest BCUT2D eigenvalue weighted by atomic mass is 10.3. The zero-order chi connectivity index (χ0) is 11.5. The molecule has 0 N–H and O–H groups in total. The van der Waals surface area contributed by atoms with Gasteiger partial charge in [-0.1, -0.05) is 6.42 Å². The van der Waals surface area contributed by atoms with Crippen molar-refractivity contribution in [1.29, 1.82) is 0 Å². The van der Waals surface area contributed by atoms with E-state index in [-0.39, 0.29) is 5.73 Å². The molecule has 1 aliphatic heterocycles. The van der Waals surface area contributed by atoms with Crippen molar-refractivity contribution in [3.63, 3.8) is 0 Å². The monoisotopic (exact) mass is 250 g/mol. The van der Waals surface area contributed by atoms with Crippen molar-refractivity contribution < 1.29 is 17.7 Å². The Hall–Kier alpha value is 0.274. The van der Waals surface area contributed by atoms with Gasteiger partial charge in [0.25, 0.3) is 0 Å². The van der Waals surface area contributed by atoms with Crippen molar-refractivity contribution in [2.24, 2.45) is 0 Å². The fraction of sp³-hybridized carbons (Fsp3) is 1.00. The van der Waals surface area contributed by atoms with E-state index in [4.69, 9.17) is 17.7 Å². The predicted octanol–water partition coefficient (Wildman–Crippen LogP) is 1.79. The molecular weight excluding hydrogens is 228 g/mol. The fourth-order valence-corrected chi connectivity index (χ4v) is 7.55. The summed E-state index contributed by atoms with van der Waals surface area (Å²) in [5.41, 5.74) is 0.0212. The standard InChI is InChI=1S/C9H22O4Si2/c1-10-15(11-2,12-3)9-7-6-8-14(4,5)13-9/h9H,6-8H2,1-5H3. The van der Waals surface area contributed by atoms with Crippen LogP contribution >= 0.6 is 0 Å². The van der Waals surface area contributed by atoms with Crippen LogP contribution in [0, 0.1) is 0 Å². The Morgan fingerprint density at radius 2 is 1.67 bits per heavy atom. The van der Waals surface area contributed by atoms with Crippen LogP contribution in [-0.4, -0.2) is 44.2 Å². The van der Waals surface area contributed by atoms with Crippen LogP contribution in [0.2, 0.25) is 19.1 Å². The Morgan fingerprint density at radius 1 is 1.13 bits per heavy atom. The molecule has 1 aliphatic rings. The van der Waals surface area contributed by atoms with Crippen LogP contribution in [-0.2, 0) is 17.7 Å². The predicted molar refractivity (Wildman–Crippen MR) is 63.2 cm³/mol. The summed E-state index contributed by atoms with van der Waals surface area (Å²) in [5, 5.41) is 0. The van der Waals surface area contributed by atoms with Gasteiger partial charge in [-0.3, -0.25) is 0 Å². The number of rotatable bonds is 4. The molecule has 4 nitrogen and oxygen atoms in total. The summed E-state index contributed by atoms with van der Waals surface area (Å²) in [7, 11) is 0.823. The third kappa shape index (κ3) is 2.89. The highest BCUT2D eigenvalue weighted by molar-refractivity contribution is 6.73. The topological polar surface area (TPSA) is 36.9 Å². The highest BCUT2D eigenvalue weighted by atomic mass is 28.4. The van der Waals surface area contributed by atoms with Gasteiger partial charge in [0.1, 0.15) is 5.73 Å². The molecule has 0 radical (unpaired) electrons. The second-order valence-electron chi connectivity index (χ2n) is 4.47. The first-order valence-corrected chi connectivity index (χ1v) is 10.2. The lowest BCUT2D eigenvalue weighted by Crippen LogP contribution is -2.60. The molecule has 0 aromatic heterocycles. The van der Waals surface area contributed by atoms with Crippen molar-refractivity contribution in [2.75, 3.05) is 21.3 Å². The molecule has 1 heterocycles. The molecule has 15 heavy (non-hydrogen) atoms. The minimum absolute atomic E-state index is 0.0212. The molecular formula is C9H22O4Si2.